The maximum absolute atomic E-state index is 13.9. The predicted octanol–water partition coefficient (Wildman–Crippen LogP) is 2.50. The molecule has 6 nitrogen and oxygen atoms in total. The van der Waals surface area contributed by atoms with Crippen molar-refractivity contribution in [1.82, 2.24) is 9.62 Å². The Balaban J connectivity index is 1.40. The molecule has 2 aromatic carbocycles. The van der Waals surface area contributed by atoms with Crippen LogP contribution in [0.3, 0.4) is 0 Å². The van der Waals surface area contributed by atoms with E-state index < -0.39 is 10.0 Å². The lowest BCUT2D eigenvalue weighted by atomic mass is 10.2. The normalized spacial score (nSPS) is 15.4. The van der Waals surface area contributed by atoms with Crippen LogP contribution in [-0.2, 0) is 14.8 Å². The van der Waals surface area contributed by atoms with E-state index in [1.54, 1.807) is 24.3 Å². The van der Waals surface area contributed by atoms with Crippen LogP contribution in [0, 0.1) is 5.82 Å². The Morgan fingerprint density at radius 3 is 2.37 bits per heavy atom. The summed E-state index contributed by atoms with van der Waals surface area (Å²) in [5.41, 5.74) is 1.42. The molecule has 1 fully saturated rings. The van der Waals surface area contributed by atoms with E-state index in [0.29, 0.717) is 38.3 Å². The van der Waals surface area contributed by atoms with Crippen LogP contribution in [0.1, 0.15) is 12.0 Å². The maximum atomic E-state index is 13.9. The molecule has 0 spiro atoms. The quantitative estimate of drug-likeness (QED) is 0.515. The first kappa shape index (κ1) is 22.0. The lowest BCUT2D eigenvalue weighted by Gasteiger charge is -2.35. The number of benzene rings is 2. The van der Waals surface area contributed by atoms with Gasteiger partial charge in [0, 0.05) is 38.8 Å². The van der Waals surface area contributed by atoms with E-state index in [1.807, 2.05) is 35.2 Å². The van der Waals surface area contributed by atoms with Crippen molar-refractivity contribution in [2.75, 3.05) is 43.4 Å². The van der Waals surface area contributed by atoms with Crippen molar-refractivity contribution in [3.05, 3.63) is 72.1 Å². The van der Waals surface area contributed by atoms with Crippen LogP contribution < -0.4 is 10.2 Å². The minimum absolute atomic E-state index is 0.0324. The second kappa shape index (κ2) is 10.4. The third-order valence-corrected chi connectivity index (χ3v) is 6.89. The Kier molecular flexibility index (Phi) is 7.59. The average Bonchev–Trinajstić information content (AvgIpc) is 2.76. The summed E-state index contributed by atoms with van der Waals surface area (Å²) in [4.78, 5) is 13.7. The number of rotatable bonds is 8. The Hall–Kier alpha value is -2.71. The van der Waals surface area contributed by atoms with E-state index in [1.165, 1.54) is 16.4 Å². The maximum Gasteiger partial charge on any atom is 0.243 e. The number of sulfonamides is 1. The fourth-order valence-corrected chi connectivity index (χ4v) is 4.79. The van der Waals surface area contributed by atoms with Crippen LogP contribution in [-0.4, -0.2) is 57.1 Å². The van der Waals surface area contributed by atoms with Gasteiger partial charge in [0.25, 0.3) is 0 Å². The highest BCUT2D eigenvalue weighted by Gasteiger charge is 2.27. The number of nitrogens with one attached hydrogen (secondary N) is 1. The molecule has 3 rings (SSSR count). The zero-order chi connectivity index (χ0) is 21.4. The third kappa shape index (κ3) is 6.14. The van der Waals surface area contributed by atoms with Crippen molar-refractivity contribution < 1.29 is 17.6 Å². The van der Waals surface area contributed by atoms with Crippen LogP contribution in [0.5, 0.6) is 0 Å². The molecule has 0 aromatic heterocycles. The van der Waals surface area contributed by atoms with Crippen LogP contribution >= 0.6 is 0 Å². The number of nitrogens with zero attached hydrogens (tertiary/aromatic N) is 2. The summed E-state index contributed by atoms with van der Waals surface area (Å²) in [5.74, 6) is -0.587. The fourth-order valence-electron chi connectivity index (χ4n) is 3.31. The Labute approximate surface area is 177 Å². The molecule has 0 bridgehead atoms. The monoisotopic (exact) mass is 431 g/mol. The molecule has 0 aliphatic carbocycles. The van der Waals surface area contributed by atoms with Crippen molar-refractivity contribution in [1.29, 1.82) is 0 Å². The molecule has 160 valence electrons. The van der Waals surface area contributed by atoms with Gasteiger partial charge in [-0.05, 0) is 30.2 Å². The fraction of sp³-hybridized carbons (Fsp3) is 0.318. The summed E-state index contributed by atoms with van der Waals surface area (Å²) >= 11 is 0. The number of hydrogen-bond donors (Lipinski definition) is 1. The van der Waals surface area contributed by atoms with E-state index in [9.17, 15) is 17.6 Å². The SMILES string of the molecule is O=C(/C=C/c1ccccc1)NCCCS(=O)(=O)N1CCN(c2ccccc2F)CC1. The molecule has 0 saturated carbocycles. The third-order valence-electron chi connectivity index (χ3n) is 4.93. The molecule has 0 unspecified atom stereocenters. The van der Waals surface area contributed by atoms with E-state index in [-0.39, 0.29) is 24.0 Å². The lowest BCUT2D eigenvalue weighted by Crippen LogP contribution is -2.49. The highest BCUT2D eigenvalue weighted by atomic mass is 32.2. The van der Waals surface area contributed by atoms with Crippen LogP contribution in [0.25, 0.3) is 6.08 Å². The van der Waals surface area contributed by atoms with Gasteiger partial charge in [-0.2, -0.15) is 4.31 Å². The van der Waals surface area contributed by atoms with Crippen LogP contribution in [0.15, 0.2) is 60.7 Å². The molecule has 1 heterocycles. The summed E-state index contributed by atoms with van der Waals surface area (Å²) in [6, 6.07) is 16.0. The average molecular weight is 432 g/mol. The van der Waals surface area contributed by atoms with Gasteiger partial charge in [-0.3, -0.25) is 4.79 Å². The van der Waals surface area contributed by atoms with E-state index in [0.717, 1.165) is 5.56 Å². The second-order valence-corrected chi connectivity index (χ2v) is 9.13. The van der Waals surface area contributed by atoms with E-state index in [2.05, 4.69) is 5.32 Å². The topological polar surface area (TPSA) is 69.7 Å². The Morgan fingerprint density at radius 1 is 1.00 bits per heavy atom. The van der Waals surface area contributed by atoms with Gasteiger partial charge in [-0.25, -0.2) is 12.8 Å². The first-order valence-corrected chi connectivity index (χ1v) is 11.5. The first-order valence-electron chi connectivity index (χ1n) is 9.94. The van der Waals surface area contributed by atoms with Crippen molar-refractivity contribution >= 4 is 27.7 Å². The summed E-state index contributed by atoms with van der Waals surface area (Å²) in [6.07, 6.45) is 3.48. The molecule has 1 aliphatic rings. The number of carbonyl (C=O) groups is 1. The first-order chi connectivity index (χ1) is 14.5. The molecular formula is C22H26FN3O3S. The molecule has 0 radical (unpaired) electrons. The number of carbonyl (C=O) groups excluding carboxylic acids is 1. The number of anilines is 1. The predicted molar refractivity (Wildman–Crippen MR) is 117 cm³/mol. The van der Waals surface area contributed by atoms with Gasteiger partial charge in [0.2, 0.25) is 15.9 Å². The molecule has 2 aromatic rings. The number of amides is 1. The molecule has 1 aliphatic heterocycles. The molecule has 1 N–H and O–H groups in total. The highest BCUT2D eigenvalue weighted by Crippen LogP contribution is 2.21. The summed E-state index contributed by atoms with van der Waals surface area (Å²) in [7, 11) is -3.41. The largest absolute Gasteiger partial charge is 0.367 e. The molecular weight excluding hydrogens is 405 g/mol. The number of piperazine rings is 1. The molecule has 8 heteroatoms. The van der Waals surface area contributed by atoms with Gasteiger partial charge in [-0.1, -0.05) is 42.5 Å². The summed E-state index contributed by atoms with van der Waals surface area (Å²) in [5, 5.41) is 2.70. The lowest BCUT2D eigenvalue weighted by molar-refractivity contribution is -0.116. The molecule has 1 saturated heterocycles. The summed E-state index contributed by atoms with van der Waals surface area (Å²) < 4.78 is 40.5. The van der Waals surface area contributed by atoms with Crippen LogP contribution in [0.4, 0.5) is 10.1 Å². The number of para-hydroxylation sites is 1. The molecule has 1 amide bonds. The minimum atomic E-state index is -3.41. The standard InChI is InChI=1S/C22H26FN3O3S/c23-20-9-4-5-10-21(20)25-14-16-26(17-15-25)30(28,29)18-6-13-24-22(27)12-11-19-7-2-1-3-8-19/h1-5,7-12H,6,13-18H2,(H,24,27)/b12-11+. The summed E-state index contributed by atoms with van der Waals surface area (Å²) in [6.45, 7) is 1.82. The van der Waals surface area contributed by atoms with Gasteiger partial charge in [0.1, 0.15) is 5.82 Å². The van der Waals surface area contributed by atoms with Crippen molar-refractivity contribution in [3.63, 3.8) is 0 Å². The van der Waals surface area contributed by atoms with Crippen molar-refractivity contribution in [2.24, 2.45) is 0 Å². The van der Waals surface area contributed by atoms with Crippen molar-refractivity contribution in [2.45, 2.75) is 6.42 Å². The molecule has 30 heavy (non-hydrogen) atoms. The van der Waals surface area contributed by atoms with Crippen LogP contribution in [0.2, 0.25) is 0 Å². The van der Waals surface area contributed by atoms with Gasteiger partial charge >= 0.3 is 0 Å². The highest BCUT2D eigenvalue weighted by molar-refractivity contribution is 7.89. The second-order valence-electron chi connectivity index (χ2n) is 7.04. The van der Waals surface area contributed by atoms with Gasteiger partial charge < -0.3 is 10.2 Å². The Bertz CT molecular complexity index is 972. The van der Waals surface area contributed by atoms with Gasteiger partial charge in [-0.15, -0.1) is 0 Å². The number of hydrogen-bond acceptors (Lipinski definition) is 4. The van der Waals surface area contributed by atoms with Gasteiger partial charge in [0.15, 0.2) is 0 Å². The van der Waals surface area contributed by atoms with Crippen molar-refractivity contribution in [3.8, 4) is 0 Å². The smallest absolute Gasteiger partial charge is 0.243 e. The van der Waals surface area contributed by atoms with Gasteiger partial charge in [0.05, 0.1) is 11.4 Å². The van der Waals surface area contributed by atoms with E-state index in [4.69, 9.17) is 0 Å². The zero-order valence-corrected chi connectivity index (χ0v) is 17.5. The zero-order valence-electron chi connectivity index (χ0n) is 16.7. The molecule has 0 atom stereocenters. The Morgan fingerprint density at radius 2 is 1.67 bits per heavy atom. The minimum Gasteiger partial charge on any atom is -0.367 e. The van der Waals surface area contributed by atoms with E-state index >= 15 is 0 Å². The number of halogens is 1.